The molecule has 0 saturated heterocycles. The molecule has 1 aromatic heterocycles. The Hall–Kier alpha value is -4.06. The second-order valence-electron chi connectivity index (χ2n) is 9.05. The monoisotopic (exact) mass is 469 g/mol. The molecule has 35 heavy (non-hydrogen) atoms. The van der Waals surface area contributed by atoms with E-state index in [2.05, 4.69) is 5.32 Å². The van der Waals surface area contributed by atoms with Gasteiger partial charge in [0, 0.05) is 18.5 Å². The fourth-order valence-corrected chi connectivity index (χ4v) is 4.08. The van der Waals surface area contributed by atoms with Gasteiger partial charge in [0.15, 0.2) is 0 Å². The first kappa shape index (κ1) is 24.1. The van der Waals surface area contributed by atoms with Gasteiger partial charge in [-0.1, -0.05) is 80.6 Å². The molecule has 4 aromatic rings. The molecule has 0 aliphatic carbocycles. The lowest BCUT2D eigenvalue weighted by atomic mass is 10.1. The van der Waals surface area contributed by atoms with Gasteiger partial charge >= 0.3 is 6.03 Å². The van der Waals surface area contributed by atoms with Crippen LogP contribution in [0.5, 0.6) is 0 Å². The van der Waals surface area contributed by atoms with Gasteiger partial charge in [-0.3, -0.25) is 4.79 Å². The maximum Gasteiger partial charge on any atom is 0.322 e. The van der Waals surface area contributed by atoms with Crippen LogP contribution in [0.3, 0.4) is 0 Å². The average molecular weight is 470 g/mol. The van der Waals surface area contributed by atoms with Crippen molar-refractivity contribution >= 4 is 28.4 Å². The highest BCUT2D eigenvalue weighted by atomic mass is 16.3. The summed E-state index contributed by atoms with van der Waals surface area (Å²) in [4.78, 5) is 30.2. The number of fused-ring (bicyclic) bond motifs is 1. The summed E-state index contributed by atoms with van der Waals surface area (Å²) in [5.41, 5.74) is 1.74. The van der Waals surface area contributed by atoms with E-state index >= 15 is 0 Å². The molecule has 0 aliphatic heterocycles. The lowest BCUT2D eigenvalue weighted by molar-refractivity contribution is -0.133. The molecule has 0 atom stereocenters. The molecule has 0 radical (unpaired) electrons. The largest absolute Gasteiger partial charge is 0.467 e. The van der Waals surface area contributed by atoms with Crippen LogP contribution < -0.4 is 5.32 Å². The number of hydrogen-bond acceptors (Lipinski definition) is 3. The van der Waals surface area contributed by atoms with Crippen molar-refractivity contribution in [1.29, 1.82) is 0 Å². The summed E-state index contributed by atoms with van der Waals surface area (Å²) >= 11 is 0. The molecule has 1 N–H and O–H groups in total. The van der Waals surface area contributed by atoms with Crippen LogP contribution in [0, 0.1) is 5.92 Å². The smallest absolute Gasteiger partial charge is 0.322 e. The predicted molar refractivity (Wildman–Crippen MR) is 139 cm³/mol. The fraction of sp³-hybridized carbons (Fsp3) is 0.241. The Balaban J connectivity index is 1.53. The van der Waals surface area contributed by atoms with E-state index in [0.717, 1.165) is 22.0 Å². The second-order valence-corrected chi connectivity index (χ2v) is 9.05. The summed E-state index contributed by atoms with van der Waals surface area (Å²) in [6.45, 7) is 5.27. The van der Waals surface area contributed by atoms with Gasteiger partial charge < -0.3 is 19.5 Å². The third-order valence-corrected chi connectivity index (χ3v) is 5.73. The normalized spacial score (nSPS) is 10.9. The number of nitrogens with one attached hydrogen (secondary N) is 1. The first-order valence-electron chi connectivity index (χ1n) is 11.9. The molecule has 3 amide bonds. The average Bonchev–Trinajstić information content (AvgIpc) is 3.37. The van der Waals surface area contributed by atoms with Crippen LogP contribution in [0.2, 0.25) is 0 Å². The van der Waals surface area contributed by atoms with Gasteiger partial charge in [0.05, 0.1) is 18.5 Å². The molecule has 0 saturated carbocycles. The molecule has 0 unspecified atom stereocenters. The van der Waals surface area contributed by atoms with Crippen molar-refractivity contribution in [2.75, 3.05) is 18.4 Å². The van der Waals surface area contributed by atoms with Crippen molar-refractivity contribution in [1.82, 2.24) is 9.80 Å². The van der Waals surface area contributed by atoms with E-state index in [9.17, 15) is 9.59 Å². The number of urea groups is 1. The molecule has 0 bridgehead atoms. The fourth-order valence-electron chi connectivity index (χ4n) is 4.08. The van der Waals surface area contributed by atoms with Crippen LogP contribution in [0.25, 0.3) is 10.8 Å². The zero-order valence-electron chi connectivity index (χ0n) is 20.2. The molecule has 6 heteroatoms. The van der Waals surface area contributed by atoms with E-state index < -0.39 is 0 Å². The number of carbonyl (C=O) groups is 2. The second kappa shape index (κ2) is 11.4. The van der Waals surface area contributed by atoms with Crippen LogP contribution in [0.15, 0.2) is 95.6 Å². The first-order chi connectivity index (χ1) is 17.0. The van der Waals surface area contributed by atoms with Gasteiger partial charge in [-0.25, -0.2) is 4.79 Å². The summed E-state index contributed by atoms with van der Waals surface area (Å²) in [5.74, 6) is 0.762. The lowest BCUT2D eigenvalue weighted by Crippen LogP contribution is -2.45. The molecular weight excluding hydrogens is 438 g/mol. The van der Waals surface area contributed by atoms with Crippen molar-refractivity contribution in [3.8, 4) is 0 Å². The van der Waals surface area contributed by atoms with Crippen molar-refractivity contribution < 1.29 is 14.0 Å². The van der Waals surface area contributed by atoms with Gasteiger partial charge in [-0.05, 0) is 35.1 Å². The Kier molecular flexibility index (Phi) is 7.83. The minimum Gasteiger partial charge on any atom is -0.467 e. The molecule has 1 heterocycles. The Morgan fingerprint density at radius 1 is 0.829 bits per heavy atom. The summed E-state index contributed by atoms with van der Waals surface area (Å²) in [6, 6.07) is 26.9. The summed E-state index contributed by atoms with van der Waals surface area (Å²) < 4.78 is 5.50. The topological polar surface area (TPSA) is 65.8 Å². The molecule has 180 valence electrons. The maximum absolute atomic E-state index is 13.5. The summed E-state index contributed by atoms with van der Waals surface area (Å²) in [5, 5.41) is 5.03. The zero-order valence-corrected chi connectivity index (χ0v) is 20.2. The molecular formula is C29H31N3O3. The first-order valence-corrected chi connectivity index (χ1v) is 11.9. The Morgan fingerprint density at radius 3 is 2.31 bits per heavy atom. The zero-order chi connectivity index (χ0) is 24.6. The van der Waals surface area contributed by atoms with E-state index in [4.69, 9.17) is 4.42 Å². The highest BCUT2D eigenvalue weighted by Gasteiger charge is 2.23. The van der Waals surface area contributed by atoms with Crippen molar-refractivity contribution in [3.63, 3.8) is 0 Å². The summed E-state index contributed by atoms with van der Waals surface area (Å²) in [7, 11) is 0. The number of hydrogen-bond donors (Lipinski definition) is 1. The van der Waals surface area contributed by atoms with Crippen LogP contribution in [0.4, 0.5) is 10.5 Å². The number of carbonyl (C=O) groups excluding carboxylic acids is 2. The molecule has 0 fully saturated rings. The van der Waals surface area contributed by atoms with Crippen molar-refractivity contribution in [2.45, 2.75) is 26.9 Å². The molecule has 0 aliphatic rings. The minimum absolute atomic E-state index is 0.0255. The highest BCUT2D eigenvalue weighted by molar-refractivity contribution is 6.02. The van der Waals surface area contributed by atoms with Crippen LogP contribution in [-0.2, 0) is 17.9 Å². The summed E-state index contributed by atoms with van der Waals surface area (Å²) in [6.07, 6.45) is 1.60. The SMILES string of the molecule is CC(C)CN(CC(=O)N(Cc1ccccc1)Cc1ccco1)C(=O)Nc1cccc2ccccc12. The van der Waals surface area contributed by atoms with E-state index in [0.29, 0.717) is 25.4 Å². The van der Waals surface area contributed by atoms with E-state index in [-0.39, 0.29) is 24.4 Å². The van der Waals surface area contributed by atoms with Crippen molar-refractivity contribution in [2.24, 2.45) is 5.92 Å². The minimum atomic E-state index is -0.291. The van der Waals surface area contributed by atoms with Crippen LogP contribution in [0.1, 0.15) is 25.2 Å². The van der Waals surface area contributed by atoms with Gasteiger partial charge in [-0.2, -0.15) is 0 Å². The number of anilines is 1. The Morgan fingerprint density at radius 2 is 1.57 bits per heavy atom. The van der Waals surface area contributed by atoms with E-state index in [1.807, 2.05) is 98.8 Å². The third kappa shape index (κ3) is 6.51. The Labute approximate surface area is 206 Å². The Bertz CT molecular complexity index is 1250. The standard InChI is InChI=1S/C29H31N3O3/c1-22(2)18-32(29(34)30-27-16-8-13-24-12-6-7-15-26(24)27)21-28(33)31(20-25-14-9-17-35-25)19-23-10-4-3-5-11-23/h3-17,22H,18-21H2,1-2H3,(H,30,34). The molecule has 4 rings (SSSR count). The highest BCUT2D eigenvalue weighted by Crippen LogP contribution is 2.23. The molecule has 6 nitrogen and oxygen atoms in total. The number of amides is 3. The lowest BCUT2D eigenvalue weighted by Gasteiger charge is -2.28. The third-order valence-electron chi connectivity index (χ3n) is 5.73. The van der Waals surface area contributed by atoms with Crippen LogP contribution >= 0.6 is 0 Å². The maximum atomic E-state index is 13.5. The molecule has 0 spiro atoms. The number of benzene rings is 3. The quantitative estimate of drug-likeness (QED) is 0.320. The van der Waals surface area contributed by atoms with Gasteiger partial charge in [-0.15, -0.1) is 0 Å². The van der Waals surface area contributed by atoms with E-state index in [1.165, 1.54) is 0 Å². The molecule has 3 aromatic carbocycles. The van der Waals surface area contributed by atoms with Gasteiger partial charge in [0.1, 0.15) is 12.3 Å². The van der Waals surface area contributed by atoms with E-state index in [1.54, 1.807) is 16.1 Å². The number of rotatable bonds is 9. The van der Waals surface area contributed by atoms with Crippen molar-refractivity contribution in [3.05, 3.63) is 103 Å². The van der Waals surface area contributed by atoms with Crippen LogP contribution in [-0.4, -0.2) is 34.8 Å². The van der Waals surface area contributed by atoms with Gasteiger partial charge in [0.25, 0.3) is 0 Å². The van der Waals surface area contributed by atoms with Gasteiger partial charge in [0.2, 0.25) is 5.91 Å². The predicted octanol–water partition coefficient (Wildman–Crippen LogP) is 6.15. The number of nitrogens with zero attached hydrogens (tertiary/aromatic N) is 2. The number of furan rings is 1.